The molecule has 0 saturated carbocycles. The average molecular weight is 255 g/mol. The third-order valence-electron chi connectivity index (χ3n) is 1.01. The normalized spacial score (nSPS) is 9.90. The number of aromatic nitrogens is 1. The monoisotopic (exact) mass is 255 g/mol. The fourth-order valence-corrected chi connectivity index (χ4v) is 0.829. The van der Waals surface area contributed by atoms with E-state index in [4.69, 9.17) is 0 Å². The Kier molecular flexibility index (Phi) is 2.53. The van der Waals surface area contributed by atoms with Crippen molar-refractivity contribution in [1.82, 2.24) is 4.98 Å². The van der Waals surface area contributed by atoms with E-state index in [1.807, 2.05) is 0 Å². The molecule has 1 aromatic rings. The van der Waals surface area contributed by atoms with Gasteiger partial charge in [0.15, 0.2) is 5.82 Å². The van der Waals surface area contributed by atoms with Gasteiger partial charge in [-0.3, -0.25) is 0 Å². The lowest BCUT2D eigenvalue weighted by Crippen LogP contribution is -1.89. The van der Waals surface area contributed by atoms with Crippen LogP contribution >= 0.6 is 22.6 Å². The lowest BCUT2D eigenvalue weighted by molar-refractivity contribution is 0.480. The van der Waals surface area contributed by atoms with Crippen molar-refractivity contribution in [2.45, 2.75) is 6.67 Å². The Labute approximate surface area is 70.6 Å². The van der Waals surface area contributed by atoms with Crippen molar-refractivity contribution in [1.29, 1.82) is 0 Å². The van der Waals surface area contributed by atoms with Gasteiger partial charge in [0.25, 0.3) is 0 Å². The van der Waals surface area contributed by atoms with E-state index in [1.165, 1.54) is 6.20 Å². The molecule has 0 radical (unpaired) electrons. The van der Waals surface area contributed by atoms with Crippen LogP contribution in [0.1, 0.15) is 5.56 Å². The van der Waals surface area contributed by atoms with E-state index in [1.54, 1.807) is 22.6 Å². The number of nitrogens with zero attached hydrogens (tertiary/aromatic N) is 1. The number of hydrogen-bond acceptors (Lipinski definition) is 1. The molecular formula is C6H4F2IN. The van der Waals surface area contributed by atoms with Crippen LogP contribution in [0.4, 0.5) is 8.78 Å². The third-order valence-corrected chi connectivity index (χ3v) is 1.80. The van der Waals surface area contributed by atoms with E-state index >= 15 is 0 Å². The zero-order valence-corrected chi connectivity index (χ0v) is 7.10. The Morgan fingerprint density at radius 2 is 2.30 bits per heavy atom. The highest BCUT2D eigenvalue weighted by Gasteiger charge is 2.00. The van der Waals surface area contributed by atoms with Crippen molar-refractivity contribution in [3.05, 3.63) is 27.3 Å². The summed E-state index contributed by atoms with van der Waals surface area (Å²) < 4.78 is 24.6. The van der Waals surface area contributed by atoms with Gasteiger partial charge in [-0.25, -0.2) is 13.8 Å². The minimum atomic E-state index is -0.666. The van der Waals surface area contributed by atoms with Crippen LogP contribution in [0.25, 0.3) is 0 Å². The molecule has 1 rings (SSSR count). The maximum atomic E-state index is 12.5. The molecule has 0 atom stereocenters. The average Bonchev–Trinajstić information content (AvgIpc) is 1.95. The van der Waals surface area contributed by atoms with Crippen LogP contribution in [0.2, 0.25) is 0 Å². The van der Waals surface area contributed by atoms with Crippen LogP contribution in [-0.4, -0.2) is 4.98 Å². The Bertz CT molecular complexity index is 239. The molecule has 0 fully saturated rings. The number of alkyl halides is 1. The van der Waals surface area contributed by atoms with Gasteiger partial charge in [-0.15, -0.1) is 0 Å². The molecule has 1 aromatic heterocycles. The standard InChI is InChI=1S/C6H4F2IN/c7-2-4-1-5(8)6(9)10-3-4/h1,3H,2H2. The first-order valence-corrected chi connectivity index (χ1v) is 3.68. The van der Waals surface area contributed by atoms with Crippen molar-refractivity contribution >= 4 is 22.6 Å². The second-order valence-electron chi connectivity index (χ2n) is 1.75. The summed E-state index contributed by atoms with van der Waals surface area (Å²) in [5.41, 5.74) is 0.276. The summed E-state index contributed by atoms with van der Waals surface area (Å²) in [4.78, 5) is 3.62. The molecule has 4 heteroatoms. The van der Waals surface area contributed by atoms with Gasteiger partial charge in [0.05, 0.1) is 0 Å². The third kappa shape index (κ3) is 1.62. The molecule has 10 heavy (non-hydrogen) atoms. The molecule has 0 spiro atoms. The number of hydrogen-bond donors (Lipinski definition) is 0. The van der Waals surface area contributed by atoms with Gasteiger partial charge in [-0.1, -0.05) is 0 Å². The first kappa shape index (κ1) is 7.84. The Morgan fingerprint density at radius 3 is 2.80 bits per heavy atom. The molecule has 0 amide bonds. The lowest BCUT2D eigenvalue weighted by Gasteiger charge is -1.94. The Balaban J connectivity index is 3.04. The first-order chi connectivity index (χ1) is 4.74. The summed E-state index contributed by atoms with van der Waals surface area (Å²) in [5.74, 6) is -0.462. The van der Waals surface area contributed by atoms with E-state index in [9.17, 15) is 8.78 Å². The summed E-state index contributed by atoms with van der Waals surface area (Å²) >= 11 is 1.75. The van der Waals surface area contributed by atoms with Crippen LogP contribution in [0, 0.1) is 9.52 Å². The maximum absolute atomic E-state index is 12.5. The van der Waals surface area contributed by atoms with Gasteiger partial charge < -0.3 is 0 Å². The van der Waals surface area contributed by atoms with Crippen molar-refractivity contribution < 1.29 is 8.78 Å². The van der Waals surface area contributed by atoms with Gasteiger partial charge >= 0.3 is 0 Å². The summed E-state index contributed by atoms with van der Waals surface area (Å²) in [7, 11) is 0. The van der Waals surface area contributed by atoms with Crippen molar-refractivity contribution in [3.63, 3.8) is 0 Å². The summed E-state index contributed by atoms with van der Waals surface area (Å²) in [6.45, 7) is -0.666. The van der Waals surface area contributed by atoms with Crippen molar-refractivity contribution in [2.75, 3.05) is 0 Å². The largest absolute Gasteiger partial charge is 0.247 e. The van der Waals surface area contributed by atoms with E-state index in [0.29, 0.717) is 0 Å². The predicted molar refractivity (Wildman–Crippen MR) is 41.7 cm³/mol. The molecule has 0 aliphatic carbocycles. The molecule has 0 aromatic carbocycles. The van der Waals surface area contributed by atoms with Crippen molar-refractivity contribution in [2.24, 2.45) is 0 Å². The summed E-state index contributed by atoms with van der Waals surface area (Å²) in [5, 5.41) is 0. The van der Waals surface area contributed by atoms with Crippen LogP contribution in [0.15, 0.2) is 12.3 Å². The maximum Gasteiger partial charge on any atom is 0.155 e. The molecule has 0 saturated heterocycles. The molecule has 0 bridgehead atoms. The molecule has 0 N–H and O–H groups in total. The highest BCUT2D eigenvalue weighted by molar-refractivity contribution is 14.1. The van der Waals surface area contributed by atoms with Gasteiger partial charge in [-0.2, -0.15) is 0 Å². The van der Waals surface area contributed by atoms with Crippen LogP contribution < -0.4 is 0 Å². The predicted octanol–water partition coefficient (Wildman–Crippen LogP) is 2.29. The van der Waals surface area contributed by atoms with E-state index in [-0.39, 0.29) is 9.26 Å². The molecule has 1 nitrogen and oxygen atoms in total. The molecule has 0 aliphatic rings. The molecular weight excluding hydrogens is 251 g/mol. The Hall–Kier alpha value is -0.260. The first-order valence-electron chi connectivity index (χ1n) is 2.60. The molecule has 0 aliphatic heterocycles. The topological polar surface area (TPSA) is 12.9 Å². The molecule has 0 unspecified atom stereocenters. The minimum Gasteiger partial charge on any atom is -0.247 e. The fourth-order valence-electron chi connectivity index (χ4n) is 0.534. The second kappa shape index (κ2) is 3.23. The minimum absolute atomic E-state index is 0.273. The van der Waals surface area contributed by atoms with Gasteiger partial charge in [-0.05, 0) is 28.7 Å². The van der Waals surface area contributed by atoms with Gasteiger partial charge in [0.2, 0.25) is 0 Å². The molecule has 1 heterocycles. The lowest BCUT2D eigenvalue weighted by atomic mass is 10.3. The summed E-state index contributed by atoms with van der Waals surface area (Å²) in [6, 6.07) is 1.15. The second-order valence-corrected chi connectivity index (χ2v) is 2.77. The van der Waals surface area contributed by atoms with Crippen molar-refractivity contribution in [3.8, 4) is 0 Å². The van der Waals surface area contributed by atoms with E-state index < -0.39 is 12.5 Å². The van der Waals surface area contributed by atoms with Crippen LogP contribution in [-0.2, 0) is 6.67 Å². The SMILES string of the molecule is FCc1cnc(I)c(F)c1. The van der Waals surface area contributed by atoms with Crippen LogP contribution in [0.5, 0.6) is 0 Å². The number of rotatable bonds is 1. The highest BCUT2D eigenvalue weighted by Crippen LogP contribution is 2.09. The smallest absolute Gasteiger partial charge is 0.155 e. The number of pyridine rings is 1. The zero-order chi connectivity index (χ0) is 7.56. The number of halogens is 3. The summed E-state index contributed by atoms with van der Waals surface area (Å²) in [6.07, 6.45) is 1.32. The zero-order valence-electron chi connectivity index (χ0n) is 4.94. The highest BCUT2D eigenvalue weighted by atomic mass is 127. The fraction of sp³-hybridized carbons (Fsp3) is 0.167. The van der Waals surface area contributed by atoms with Crippen LogP contribution in [0.3, 0.4) is 0 Å². The van der Waals surface area contributed by atoms with Gasteiger partial charge in [0.1, 0.15) is 10.4 Å². The van der Waals surface area contributed by atoms with E-state index in [0.717, 1.165) is 6.07 Å². The molecule has 54 valence electrons. The quantitative estimate of drug-likeness (QED) is 0.554. The van der Waals surface area contributed by atoms with E-state index in [2.05, 4.69) is 4.98 Å². The Morgan fingerprint density at radius 1 is 1.60 bits per heavy atom. The van der Waals surface area contributed by atoms with Gasteiger partial charge in [0, 0.05) is 11.8 Å².